The van der Waals surface area contributed by atoms with Gasteiger partial charge in [0.2, 0.25) is 5.28 Å². The van der Waals surface area contributed by atoms with Crippen molar-refractivity contribution in [1.29, 1.82) is 0 Å². The van der Waals surface area contributed by atoms with Crippen molar-refractivity contribution in [2.24, 2.45) is 0 Å². The fourth-order valence-electron chi connectivity index (χ4n) is 1.87. The number of anilines is 1. The Morgan fingerprint density at radius 2 is 2.06 bits per heavy atom. The van der Waals surface area contributed by atoms with Gasteiger partial charge in [-0.05, 0) is 23.7 Å². The Morgan fingerprint density at radius 1 is 1.22 bits per heavy atom. The van der Waals surface area contributed by atoms with Crippen LogP contribution < -0.4 is 5.73 Å². The predicted molar refractivity (Wildman–Crippen MR) is 73.8 cm³/mol. The second-order valence-corrected chi connectivity index (χ2v) is 4.59. The van der Waals surface area contributed by atoms with E-state index in [0.29, 0.717) is 16.4 Å². The third-order valence-electron chi connectivity index (χ3n) is 2.68. The van der Waals surface area contributed by atoms with Gasteiger partial charge in [0.1, 0.15) is 0 Å². The number of benzene rings is 1. The van der Waals surface area contributed by atoms with Gasteiger partial charge in [-0.3, -0.25) is 0 Å². The van der Waals surface area contributed by atoms with Crippen LogP contribution in [0.5, 0.6) is 0 Å². The quantitative estimate of drug-likeness (QED) is 0.529. The van der Waals surface area contributed by atoms with Gasteiger partial charge in [0.25, 0.3) is 0 Å². The minimum atomic E-state index is 0.166. The van der Waals surface area contributed by atoms with Crippen LogP contribution in [0, 0.1) is 0 Å². The molecule has 0 amide bonds. The van der Waals surface area contributed by atoms with E-state index >= 15 is 0 Å². The van der Waals surface area contributed by atoms with E-state index in [1.165, 1.54) is 6.20 Å². The van der Waals surface area contributed by atoms with Crippen molar-refractivity contribution >= 4 is 39.8 Å². The monoisotopic (exact) mass is 278 g/mol. The van der Waals surface area contributed by atoms with E-state index < -0.39 is 0 Å². The maximum atomic E-state index is 6.10. The minimum Gasteiger partial charge on any atom is -0.399 e. The number of nitrogens with zero attached hydrogens (tertiary/aromatic N) is 2. The number of rotatable bonds is 1. The Bertz CT molecular complexity index is 736. The van der Waals surface area contributed by atoms with Gasteiger partial charge in [-0.2, -0.15) is 0 Å². The fourth-order valence-corrected chi connectivity index (χ4v) is 2.20. The molecule has 6 heteroatoms. The summed E-state index contributed by atoms with van der Waals surface area (Å²) < 4.78 is 0. The van der Waals surface area contributed by atoms with Crippen LogP contribution in [0.3, 0.4) is 0 Å². The lowest BCUT2D eigenvalue weighted by atomic mass is 10.1. The standard InChI is InChI=1S/C12H8Cl2N4/c13-9-5-17-12(14)18-11(9)8-4-16-10-3-6(15)1-2-7(8)10/h1-5,16H,15H2. The van der Waals surface area contributed by atoms with E-state index in [9.17, 15) is 0 Å². The number of hydrogen-bond donors (Lipinski definition) is 2. The zero-order chi connectivity index (χ0) is 12.7. The SMILES string of the molecule is Nc1ccc2c(-c3nc(Cl)ncc3Cl)c[nH]c2c1. The third-order valence-corrected chi connectivity index (χ3v) is 3.13. The molecule has 2 aromatic heterocycles. The Morgan fingerprint density at radius 3 is 2.89 bits per heavy atom. The van der Waals surface area contributed by atoms with Crippen LogP contribution in [0.2, 0.25) is 10.3 Å². The lowest BCUT2D eigenvalue weighted by Gasteiger charge is -2.02. The smallest absolute Gasteiger partial charge is 0.222 e. The van der Waals surface area contributed by atoms with Crippen LogP contribution in [0.1, 0.15) is 0 Å². The Hall–Kier alpha value is -1.78. The Balaban J connectivity index is 2.28. The highest BCUT2D eigenvalue weighted by atomic mass is 35.5. The lowest BCUT2D eigenvalue weighted by molar-refractivity contribution is 1.17. The summed E-state index contributed by atoms with van der Waals surface area (Å²) in [5.74, 6) is 0. The molecule has 0 radical (unpaired) electrons. The maximum absolute atomic E-state index is 6.10. The molecule has 2 heterocycles. The van der Waals surface area contributed by atoms with Gasteiger partial charge in [0.05, 0.1) is 16.9 Å². The van der Waals surface area contributed by atoms with Crippen molar-refractivity contribution < 1.29 is 0 Å². The van der Waals surface area contributed by atoms with E-state index in [1.54, 1.807) is 0 Å². The first-order valence-corrected chi connectivity index (χ1v) is 5.96. The highest BCUT2D eigenvalue weighted by molar-refractivity contribution is 6.34. The Labute approximate surface area is 113 Å². The van der Waals surface area contributed by atoms with Crippen molar-refractivity contribution in [3.05, 3.63) is 40.9 Å². The molecule has 0 bridgehead atoms. The summed E-state index contributed by atoms with van der Waals surface area (Å²) in [5, 5.41) is 1.61. The number of aromatic nitrogens is 3. The molecule has 0 fully saturated rings. The summed E-state index contributed by atoms with van der Waals surface area (Å²) >= 11 is 11.9. The highest BCUT2D eigenvalue weighted by Gasteiger charge is 2.12. The van der Waals surface area contributed by atoms with E-state index in [2.05, 4.69) is 15.0 Å². The molecule has 0 aliphatic heterocycles. The number of hydrogen-bond acceptors (Lipinski definition) is 3. The highest BCUT2D eigenvalue weighted by Crippen LogP contribution is 2.32. The number of aromatic amines is 1. The number of fused-ring (bicyclic) bond motifs is 1. The van der Waals surface area contributed by atoms with Gasteiger partial charge >= 0.3 is 0 Å². The van der Waals surface area contributed by atoms with Gasteiger partial charge in [0, 0.05) is 28.4 Å². The van der Waals surface area contributed by atoms with Crippen molar-refractivity contribution in [1.82, 2.24) is 15.0 Å². The summed E-state index contributed by atoms with van der Waals surface area (Å²) in [6, 6.07) is 5.61. The average molecular weight is 279 g/mol. The zero-order valence-corrected chi connectivity index (χ0v) is 10.6. The van der Waals surface area contributed by atoms with Crippen LogP contribution in [0.15, 0.2) is 30.6 Å². The molecule has 0 saturated heterocycles. The molecule has 0 saturated carbocycles. The van der Waals surface area contributed by atoms with Gasteiger partial charge in [-0.25, -0.2) is 9.97 Å². The number of halogens is 2. The molecule has 0 aliphatic rings. The van der Waals surface area contributed by atoms with Crippen LogP contribution in [0.4, 0.5) is 5.69 Å². The molecule has 90 valence electrons. The molecule has 0 aliphatic carbocycles. The first kappa shape index (κ1) is 11.3. The molecule has 4 nitrogen and oxygen atoms in total. The molecule has 18 heavy (non-hydrogen) atoms. The van der Waals surface area contributed by atoms with E-state index in [4.69, 9.17) is 28.9 Å². The largest absolute Gasteiger partial charge is 0.399 e. The second-order valence-electron chi connectivity index (χ2n) is 3.84. The number of nitrogens with two attached hydrogens (primary N) is 1. The summed E-state index contributed by atoms with van der Waals surface area (Å²) in [7, 11) is 0. The summed E-state index contributed by atoms with van der Waals surface area (Å²) in [4.78, 5) is 11.1. The lowest BCUT2D eigenvalue weighted by Crippen LogP contribution is -1.88. The van der Waals surface area contributed by atoms with Crippen LogP contribution in [0.25, 0.3) is 22.2 Å². The normalized spacial score (nSPS) is 11.0. The van der Waals surface area contributed by atoms with Crippen molar-refractivity contribution in [3.63, 3.8) is 0 Å². The summed E-state index contributed by atoms with van der Waals surface area (Å²) in [6.07, 6.45) is 3.32. The van der Waals surface area contributed by atoms with E-state index in [-0.39, 0.29) is 5.28 Å². The van der Waals surface area contributed by atoms with E-state index in [0.717, 1.165) is 16.5 Å². The summed E-state index contributed by atoms with van der Waals surface area (Å²) in [5.41, 5.74) is 8.84. The van der Waals surface area contributed by atoms with Gasteiger partial charge < -0.3 is 10.7 Å². The summed E-state index contributed by atoms with van der Waals surface area (Å²) in [6.45, 7) is 0. The van der Waals surface area contributed by atoms with Crippen LogP contribution in [-0.4, -0.2) is 15.0 Å². The molecule has 0 atom stereocenters. The van der Waals surface area contributed by atoms with Crippen LogP contribution in [-0.2, 0) is 0 Å². The van der Waals surface area contributed by atoms with Gasteiger partial charge in [-0.15, -0.1) is 0 Å². The molecule has 0 spiro atoms. The molecule has 0 unspecified atom stereocenters. The molecular weight excluding hydrogens is 271 g/mol. The van der Waals surface area contributed by atoms with Gasteiger partial charge in [0.15, 0.2) is 0 Å². The number of H-pyrrole nitrogens is 1. The van der Waals surface area contributed by atoms with Gasteiger partial charge in [-0.1, -0.05) is 17.7 Å². The number of nitrogen functional groups attached to an aromatic ring is 1. The first-order chi connectivity index (χ1) is 8.65. The first-order valence-electron chi connectivity index (χ1n) is 5.20. The molecular formula is C12H8Cl2N4. The molecule has 3 aromatic rings. The molecule has 3 rings (SSSR count). The predicted octanol–water partition coefficient (Wildman–Crippen LogP) is 3.51. The third kappa shape index (κ3) is 1.79. The van der Waals surface area contributed by atoms with Crippen LogP contribution >= 0.6 is 23.2 Å². The number of nitrogens with one attached hydrogen (secondary N) is 1. The zero-order valence-electron chi connectivity index (χ0n) is 9.11. The fraction of sp³-hybridized carbons (Fsp3) is 0. The molecule has 1 aromatic carbocycles. The van der Waals surface area contributed by atoms with Crippen molar-refractivity contribution in [2.45, 2.75) is 0 Å². The maximum Gasteiger partial charge on any atom is 0.222 e. The minimum absolute atomic E-state index is 0.166. The van der Waals surface area contributed by atoms with E-state index in [1.807, 2.05) is 24.4 Å². The average Bonchev–Trinajstić information content (AvgIpc) is 2.75. The van der Waals surface area contributed by atoms with Crippen molar-refractivity contribution in [2.75, 3.05) is 5.73 Å². The second kappa shape index (κ2) is 4.15. The van der Waals surface area contributed by atoms with Crippen molar-refractivity contribution in [3.8, 4) is 11.3 Å². The molecule has 3 N–H and O–H groups in total. The topological polar surface area (TPSA) is 67.6 Å². The Kier molecular flexibility index (Phi) is 2.61.